The van der Waals surface area contributed by atoms with E-state index in [4.69, 9.17) is 4.74 Å². The minimum atomic E-state index is -3.67. The van der Waals surface area contributed by atoms with Crippen LogP contribution in [-0.2, 0) is 15.4 Å². The first-order chi connectivity index (χ1) is 13.6. The molecule has 2 aliphatic heterocycles. The molecule has 0 radical (unpaired) electrons. The van der Waals surface area contributed by atoms with E-state index in [1.165, 1.54) is 5.56 Å². The van der Waals surface area contributed by atoms with Gasteiger partial charge in [-0.05, 0) is 66.9 Å². The van der Waals surface area contributed by atoms with Crippen molar-refractivity contribution in [1.82, 2.24) is 0 Å². The minimum absolute atomic E-state index is 0.0296. The lowest BCUT2D eigenvalue weighted by atomic mass is 9.70. The number of rotatable bonds is 4. The van der Waals surface area contributed by atoms with Gasteiger partial charge in [-0.1, -0.05) is 24.3 Å². The molecule has 1 aliphatic carbocycles. The fourth-order valence-corrected chi connectivity index (χ4v) is 8.19. The third kappa shape index (κ3) is 2.68. The second kappa shape index (κ2) is 6.70. The Labute approximate surface area is 171 Å². The van der Waals surface area contributed by atoms with Gasteiger partial charge >= 0.3 is 0 Å². The summed E-state index contributed by atoms with van der Waals surface area (Å²) in [6, 6.07) is 15.1. The van der Waals surface area contributed by atoms with Crippen molar-refractivity contribution in [2.45, 2.75) is 42.0 Å². The predicted molar refractivity (Wildman–Crippen MR) is 114 cm³/mol. The number of thioether (sulfide) groups is 1. The highest BCUT2D eigenvalue weighted by atomic mass is 32.2. The Morgan fingerprint density at radius 3 is 2.54 bits per heavy atom. The second-order valence-corrected chi connectivity index (χ2v) is 11.1. The van der Waals surface area contributed by atoms with Crippen molar-refractivity contribution in [2.75, 3.05) is 22.9 Å². The number of benzene rings is 2. The van der Waals surface area contributed by atoms with Gasteiger partial charge in [-0.2, -0.15) is 11.8 Å². The first kappa shape index (κ1) is 18.4. The lowest BCUT2D eigenvalue weighted by Gasteiger charge is -2.41. The van der Waals surface area contributed by atoms with Gasteiger partial charge in [-0.3, -0.25) is 4.31 Å². The molecule has 4 nitrogen and oxygen atoms in total. The Balaban J connectivity index is 1.69. The van der Waals surface area contributed by atoms with E-state index < -0.39 is 10.0 Å². The quantitative estimate of drug-likeness (QED) is 0.740. The first-order valence-corrected chi connectivity index (χ1v) is 12.5. The number of methoxy groups -OCH3 is 1. The maximum absolute atomic E-state index is 13.9. The summed E-state index contributed by atoms with van der Waals surface area (Å²) >= 11 is 1.99. The molecule has 1 saturated heterocycles. The van der Waals surface area contributed by atoms with Crippen molar-refractivity contribution in [1.29, 1.82) is 0 Å². The topological polar surface area (TPSA) is 46.6 Å². The van der Waals surface area contributed by atoms with Crippen LogP contribution in [0.15, 0.2) is 53.4 Å². The third-order valence-corrected chi connectivity index (χ3v) is 9.33. The van der Waals surface area contributed by atoms with Crippen molar-refractivity contribution in [3.63, 3.8) is 0 Å². The number of fused-ring (bicyclic) bond motifs is 2. The van der Waals surface area contributed by atoms with Crippen molar-refractivity contribution >= 4 is 27.5 Å². The van der Waals surface area contributed by atoms with Gasteiger partial charge in [0.25, 0.3) is 10.0 Å². The Kier molecular flexibility index (Phi) is 4.40. The predicted octanol–water partition coefficient (Wildman–Crippen LogP) is 4.45. The van der Waals surface area contributed by atoms with Crippen LogP contribution in [0.2, 0.25) is 0 Å². The summed E-state index contributed by atoms with van der Waals surface area (Å²) in [5.41, 5.74) is 2.07. The second-order valence-electron chi connectivity index (χ2n) is 8.05. The van der Waals surface area contributed by atoms with Crippen LogP contribution in [0, 0.1) is 5.92 Å². The highest BCUT2D eigenvalue weighted by molar-refractivity contribution is 7.99. The summed E-state index contributed by atoms with van der Waals surface area (Å²) in [4.78, 5) is 0.314. The van der Waals surface area contributed by atoms with Gasteiger partial charge in [0.2, 0.25) is 0 Å². The fourth-order valence-electron chi connectivity index (χ4n) is 5.13. The monoisotopic (exact) mass is 415 g/mol. The molecule has 1 saturated carbocycles. The Hall–Kier alpha value is -1.66. The molecular formula is C22H25NO3S2. The van der Waals surface area contributed by atoms with Crippen molar-refractivity contribution < 1.29 is 13.2 Å². The molecule has 1 atom stereocenters. The van der Waals surface area contributed by atoms with Crippen LogP contribution < -0.4 is 9.04 Å². The Morgan fingerprint density at radius 2 is 1.82 bits per heavy atom. The van der Waals surface area contributed by atoms with Crippen LogP contribution >= 0.6 is 11.8 Å². The van der Waals surface area contributed by atoms with Gasteiger partial charge in [0.05, 0.1) is 23.7 Å². The molecule has 6 heteroatoms. The number of sulfonamides is 1. The number of para-hydroxylation sites is 1. The van der Waals surface area contributed by atoms with Crippen LogP contribution in [0.3, 0.4) is 0 Å². The smallest absolute Gasteiger partial charge is 0.264 e. The molecule has 5 rings (SSSR count). The average molecular weight is 416 g/mol. The molecule has 0 amide bonds. The normalized spacial score (nSPS) is 23.6. The number of hydrogen-bond donors (Lipinski definition) is 0. The summed E-state index contributed by atoms with van der Waals surface area (Å²) in [6.07, 6.45) is 4.36. The standard InChI is InChI=1S/C22H25NO3S2/c1-26-17-5-4-6-18(15-17)28(24,25)23-20-8-3-2-7-19(20)22(11-13-27-14-12-22)21(23)16-9-10-16/h2-8,15-16,21H,9-14H2,1H3. The zero-order chi connectivity index (χ0) is 19.4. The Bertz CT molecular complexity index is 994. The summed E-state index contributed by atoms with van der Waals surface area (Å²) in [6.45, 7) is 0. The lowest BCUT2D eigenvalue weighted by Crippen LogP contribution is -2.50. The van der Waals surface area contributed by atoms with E-state index in [0.29, 0.717) is 16.6 Å². The fraction of sp³-hybridized carbons (Fsp3) is 0.455. The lowest BCUT2D eigenvalue weighted by molar-refractivity contribution is 0.315. The van der Waals surface area contributed by atoms with E-state index in [2.05, 4.69) is 12.1 Å². The van der Waals surface area contributed by atoms with E-state index in [9.17, 15) is 8.42 Å². The van der Waals surface area contributed by atoms with Crippen LogP contribution in [0.1, 0.15) is 31.2 Å². The van der Waals surface area contributed by atoms with E-state index in [0.717, 1.165) is 42.9 Å². The number of hydrogen-bond acceptors (Lipinski definition) is 4. The highest BCUT2D eigenvalue weighted by Gasteiger charge is 2.59. The molecule has 3 aliphatic rings. The Morgan fingerprint density at radius 1 is 1.07 bits per heavy atom. The van der Waals surface area contributed by atoms with Crippen molar-refractivity contribution in [2.24, 2.45) is 5.92 Å². The largest absolute Gasteiger partial charge is 0.497 e. The van der Waals surface area contributed by atoms with Crippen LogP contribution in [0.5, 0.6) is 5.75 Å². The number of ether oxygens (including phenoxy) is 1. The zero-order valence-corrected chi connectivity index (χ0v) is 17.6. The molecule has 2 heterocycles. The maximum Gasteiger partial charge on any atom is 0.264 e. The highest BCUT2D eigenvalue weighted by Crippen LogP contribution is 2.59. The van der Waals surface area contributed by atoms with Crippen LogP contribution in [-0.4, -0.2) is 33.1 Å². The molecule has 1 unspecified atom stereocenters. The molecule has 2 aromatic rings. The summed E-state index contributed by atoms with van der Waals surface area (Å²) in [5, 5.41) is 0. The van der Waals surface area contributed by atoms with E-state index in [1.54, 1.807) is 35.7 Å². The van der Waals surface area contributed by atoms with E-state index in [-0.39, 0.29) is 11.5 Å². The third-order valence-electron chi connectivity index (χ3n) is 6.55. The van der Waals surface area contributed by atoms with Crippen LogP contribution in [0.25, 0.3) is 0 Å². The van der Waals surface area contributed by atoms with Gasteiger partial charge in [-0.25, -0.2) is 8.42 Å². The molecule has 0 N–H and O–H groups in total. The van der Waals surface area contributed by atoms with Gasteiger partial charge in [0.15, 0.2) is 0 Å². The van der Waals surface area contributed by atoms with Gasteiger partial charge < -0.3 is 4.74 Å². The average Bonchev–Trinajstić information content (AvgIpc) is 3.53. The van der Waals surface area contributed by atoms with Gasteiger partial charge in [0, 0.05) is 11.5 Å². The molecule has 0 aromatic heterocycles. The van der Waals surface area contributed by atoms with E-state index >= 15 is 0 Å². The summed E-state index contributed by atoms with van der Waals surface area (Å²) in [5.74, 6) is 3.23. The minimum Gasteiger partial charge on any atom is -0.497 e. The zero-order valence-electron chi connectivity index (χ0n) is 16.0. The molecule has 28 heavy (non-hydrogen) atoms. The number of anilines is 1. The van der Waals surface area contributed by atoms with Crippen molar-refractivity contribution in [3.05, 3.63) is 54.1 Å². The molecule has 148 valence electrons. The first-order valence-electron chi connectivity index (χ1n) is 9.94. The molecule has 0 bridgehead atoms. The maximum atomic E-state index is 13.9. The van der Waals surface area contributed by atoms with Gasteiger partial charge in [0.1, 0.15) is 5.75 Å². The molecule has 2 fully saturated rings. The summed E-state index contributed by atoms with van der Waals surface area (Å²) < 4.78 is 34.9. The van der Waals surface area contributed by atoms with Gasteiger partial charge in [-0.15, -0.1) is 0 Å². The molecule has 1 spiro atoms. The van der Waals surface area contributed by atoms with Crippen LogP contribution in [0.4, 0.5) is 5.69 Å². The van der Waals surface area contributed by atoms with Crippen molar-refractivity contribution in [3.8, 4) is 5.75 Å². The summed E-state index contributed by atoms with van der Waals surface area (Å²) in [7, 11) is -2.10. The molecular weight excluding hydrogens is 390 g/mol. The van der Waals surface area contributed by atoms with E-state index in [1.807, 2.05) is 23.9 Å². The molecule has 2 aromatic carbocycles. The number of nitrogens with zero attached hydrogens (tertiary/aromatic N) is 1. The SMILES string of the molecule is COc1cccc(S(=O)(=O)N2c3ccccc3C3(CCSCC3)C2C2CC2)c1.